The zero-order chi connectivity index (χ0) is 18.5. The lowest BCUT2D eigenvalue weighted by Gasteiger charge is -2.36. The molecule has 1 saturated heterocycles. The Bertz CT molecular complexity index is 893. The summed E-state index contributed by atoms with van der Waals surface area (Å²) >= 11 is 1.73. The number of rotatable bonds is 5. The minimum absolute atomic E-state index is 0.0822. The number of ether oxygens (including phenoxy) is 1. The molecule has 0 atom stereocenters. The summed E-state index contributed by atoms with van der Waals surface area (Å²) in [7, 11) is 0. The van der Waals surface area contributed by atoms with Crippen LogP contribution in [-0.4, -0.2) is 40.6 Å². The lowest BCUT2D eigenvalue weighted by atomic mass is 9.78. The van der Waals surface area contributed by atoms with E-state index in [9.17, 15) is 4.79 Å². The van der Waals surface area contributed by atoms with Crippen LogP contribution in [0.4, 0.5) is 0 Å². The van der Waals surface area contributed by atoms with E-state index in [1.54, 1.807) is 36.1 Å². The van der Waals surface area contributed by atoms with Gasteiger partial charge in [-0.1, -0.05) is 6.07 Å². The summed E-state index contributed by atoms with van der Waals surface area (Å²) < 4.78 is 5.55. The van der Waals surface area contributed by atoms with Crippen LogP contribution in [0.2, 0.25) is 0 Å². The summed E-state index contributed by atoms with van der Waals surface area (Å²) in [6, 6.07) is 7.86. The molecular weight excluding hydrogens is 360 g/mol. The molecule has 1 aliphatic heterocycles. The first kappa shape index (κ1) is 17.8. The van der Waals surface area contributed by atoms with Crippen molar-refractivity contribution in [2.45, 2.75) is 18.3 Å². The van der Waals surface area contributed by atoms with E-state index in [1.165, 1.54) is 4.88 Å². The summed E-state index contributed by atoms with van der Waals surface area (Å²) in [6.07, 6.45) is 8.29. The highest BCUT2D eigenvalue weighted by Crippen LogP contribution is 2.37. The van der Waals surface area contributed by atoms with Gasteiger partial charge < -0.3 is 10.1 Å². The van der Waals surface area contributed by atoms with Crippen molar-refractivity contribution < 1.29 is 9.53 Å². The number of aromatic nitrogens is 3. The Labute approximate surface area is 161 Å². The van der Waals surface area contributed by atoms with Crippen LogP contribution < -0.4 is 5.32 Å². The van der Waals surface area contributed by atoms with Crippen molar-refractivity contribution in [1.82, 2.24) is 20.3 Å². The number of hydrogen-bond acceptors (Lipinski definition) is 6. The maximum absolute atomic E-state index is 12.9. The molecule has 7 heteroatoms. The van der Waals surface area contributed by atoms with Crippen molar-refractivity contribution in [2.75, 3.05) is 19.8 Å². The molecule has 27 heavy (non-hydrogen) atoms. The van der Waals surface area contributed by atoms with Gasteiger partial charge in [0.1, 0.15) is 5.69 Å². The molecule has 0 saturated carbocycles. The molecule has 1 fully saturated rings. The van der Waals surface area contributed by atoms with Crippen molar-refractivity contribution in [3.8, 4) is 11.3 Å². The van der Waals surface area contributed by atoms with Gasteiger partial charge in [-0.25, -0.2) is 4.98 Å². The molecule has 4 rings (SSSR count). The molecule has 1 amide bonds. The molecule has 0 bridgehead atoms. The number of hydrogen-bond donors (Lipinski definition) is 1. The van der Waals surface area contributed by atoms with Gasteiger partial charge in [-0.05, 0) is 36.4 Å². The number of nitrogens with zero attached hydrogens (tertiary/aromatic N) is 3. The number of thiophene rings is 1. The van der Waals surface area contributed by atoms with E-state index < -0.39 is 0 Å². The minimum atomic E-state index is -0.211. The van der Waals surface area contributed by atoms with Gasteiger partial charge in [-0.15, -0.1) is 11.3 Å². The first-order valence-electron chi connectivity index (χ1n) is 8.90. The number of carbonyl (C=O) groups is 1. The molecule has 0 aliphatic carbocycles. The van der Waals surface area contributed by atoms with Gasteiger partial charge in [0.05, 0.1) is 0 Å². The van der Waals surface area contributed by atoms with E-state index in [4.69, 9.17) is 4.74 Å². The Kier molecular flexibility index (Phi) is 5.22. The largest absolute Gasteiger partial charge is 0.381 e. The zero-order valence-electron chi connectivity index (χ0n) is 14.8. The van der Waals surface area contributed by atoms with E-state index in [-0.39, 0.29) is 11.3 Å². The third-order valence-electron chi connectivity index (χ3n) is 4.95. The first-order valence-corrected chi connectivity index (χ1v) is 9.78. The minimum Gasteiger partial charge on any atom is -0.381 e. The van der Waals surface area contributed by atoms with Gasteiger partial charge in [0.25, 0.3) is 5.91 Å². The molecule has 1 N–H and O–H groups in total. The molecule has 0 aromatic carbocycles. The molecule has 138 valence electrons. The molecule has 3 aromatic heterocycles. The highest BCUT2D eigenvalue weighted by molar-refractivity contribution is 7.10. The van der Waals surface area contributed by atoms with Crippen LogP contribution in [0.25, 0.3) is 11.3 Å². The van der Waals surface area contributed by atoms with Gasteiger partial charge in [0.15, 0.2) is 5.69 Å². The normalized spacial score (nSPS) is 16.0. The van der Waals surface area contributed by atoms with Gasteiger partial charge in [0.2, 0.25) is 0 Å². The van der Waals surface area contributed by atoms with Gasteiger partial charge >= 0.3 is 0 Å². The molecule has 3 aromatic rings. The first-order chi connectivity index (χ1) is 13.3. The summed E-state index contributed by atoms with van der Waals surface area (Å²) in [4.78, 5) is 26.9. The van der Waals surface area contributed by atoms with E-state index in [1.807, 2.05) is 12.1 Å². The molecule has 0 radical (unpaired) electrons. The van der Waals surface area contributed by atoms with E-state index in [0.717, 1.165) is 18.4 Å². The second-order valence-electron chi connectivity index (χ2n) is 6.54. The second-order valence-corrected chi connectivity index (χ2v) is 7.49. The molecule has 1 aliphatic rings. The fourth-order valence-electron chi connectivity index (χ4n) is 3.41. The average Bonchev–Trinajstić information content (AvgIpc) is 3.29. The fraction of sp³-hybridized carbons (Fsp3) is 0.300. The summed E-state index contributed by atoms with van der Waals surface area (Å²) in [6.45, 7) is 1.98. The van der Waals surface area contributed by atoms with Crippen molar-refractivity contribution in [3.05, 3.63) is 65.0 Å². The maximum atomic E-state index is 12.9. The van der Waals surface area contributed by atoms with Crippen molar-refractivity contribution in [2.24, 2.45) is 0 Å². The fourth-order valence-corrected chi connectivity index (χ4v) is 4.40. The van der Waals surface area contributed by atoms with Crippen molar-refractivity contribution >= 4 is 17.2 Å². The van der Waals surface area contributed by atoms with E-state index >= 15 is 0 Å². The van der Waals surface area contributed by atoms with Gasteiger partial charge in [-0.2, -0.15) is 0 Å². The van der Waals surface area contributed by atoms with Crippen molar-refractivity contribution in [1.29, 1.82) is 0 Å². The Balaban J connectivity index is 1.56. The van der Waals surface area contributed by atoms with Crippen LogP contribution in [0, 0.1) is 0 Å². The lowest BCUT2D eigenvalue weighted by Crippen LogP contribution is -2.44. The number of carbonyl (C=O) groups excluding carboxylic acids is 1. The Morgan fingerprint density at radius 3 is 2.63 bits per heavy atom. The molecule has 4 heterocycles. The molecular formula is C20H20N4O2S. The Morgan fingerprint density at radius 1 is 1.11 bits per heavy atom. The predicted octanol–water partition coefficient (Wildman–Crippen LogP) is 3.08. The molecule has 0 unspecified atom stereocenters. The van der Waals surface area contributed by atoms with Crippen LogP contribution in [0.3, 0.4) is 0 Å². The maximum Gasteiger partial charge on any atom is 0.272 e. The molecule has 6 nitrogen and oxygen atoms in total. The highest BCUT2D eigenvalue weighted by Gasteiger charge is 2.36. The number of pyridine rings is 1. The number of nitrogens with one attached hydrogen (secondary N) is 1. The Hall–Kier alpha value is -2.64. The number of amides is 1. The van der Waals surface area contributed by atoms with E-state index in [2.05, 4.69) is 37.8 Å². The smallest absolute Gasteiger partial charge is 0.272 e. The Morgan fingerprint density at radius 2 is 1.89 bits per heavy atom. The van der Waals surface area contributed by atoms with Gasteiger partial charge in [0, 0.05) is 60.4 Å². The quantitative estimate of drug-likeness (QED) is 0.736. The summed E-state index contributed by atoms with van der Waals surface area (Å²) in [5.74, 6) is -0.211. The monoisotopic (exact) mass is 380 g/mol. The van der Waals surface area contributed by atoms with E-state index in [0.29, 0.717) is 31.1 Å². The van der Waals surface area contributed by atoms with Crippen LogP contribution in [0.5, 0.6) is 0 Å². The third kappa shape index (κ3) is 3.74. The lowest BCUT2D eigenvalue weighted by molar-refractivity contribution is 0.0498. The summed E-state index contributed by atoms with van der Waals surface area (Å²) in [5.41, 5.74) is 1.63. The third-order valence-corrected chi connectivity index (χ3v) is 6.06. The van der Waals surface area contributed by atoms with Crippen LogP contribution in [0.1, 0.15) is 28.2 Å². The summed E-state index contributed by atoms with van der Waals surface area (Å²) in [5, 5.41) is 5.18. The second kappa shape index (κ2) is 7.94. The topological polar surface area (TPSA) is 77.0 Å². The van der Waals surface area contributed by atoms with Crippen LogP contribution in [-0.2, 0) is 10.2 Å². The predicted molar refractivity (Wildman–Crippen MR) is 104 cm³/mol. The SMILES string of the molecule is O=C(NCC1(c2cccs2)CCOCC1)c1nccnc1-c1ccncc1. The van der Waals surface area contributed by atoms with Crippen LogP contribution in [0.15, 0.2) is 54.4 Å². The highest BCUT2D eigenvalue weighted by atomic mass is 32.1. The average molecular weight is 380 g/mol. The zero-order valence-corrected chi connectivity index (χ0v) is 15.6. The van der Waals surface area contributed by atoms with Gasteiger partial charge in [-0.3, -0.25) is 14.8 Å². The van der Waals surface area contributed by atoms with Crippen LogP contribution >= 0.6 is 11.3 Å². The standard InChI is InChI=1S/C20H20N4O2S/c25-19(18-17(22-9-10-23-18)15-3-7-21-8-4-15)24-14-20(5-11-26-12-6-20)16-2-1-13-27-16/h1-4,7-10,13H,5-6,11-12,14H2,(H,24,25). The molecule has 0 spiro atoms. The van der Waals surface area contributed by atoms with Crippen molar-refractivity contribution in [3.63, 3.8) is 0 Å².